The zero-order valence-corrected chi connectivity index (χ0v) is 10.8. The van der Waals surface area contributed by atoms with Crippen molar-refractivity contribution in [1.82, 2.24) is 9.71 Å². The molecule has 0 aliphatic rings. The van der Waals surface area contributed by atoms with Crippen molar-refractivity contribution in [2.45, 2.75) is 19.3 Å². The summed E-state index contributed by atoms with van der Waals surface area (Å²) in [5.74, 6) is -1.14. The molecule has 1 rings (SSSR count). The molecule has 0 radical (unpaired) electrons. The van der Waals surface area contributed by atoms with E-state index in [1.165, 1.54) is 11.3 Å². The summed E-state index contributed by atoms with van der Waals surface area (Å²) in [5.41, 5.74) is 2.54. The Morgan fingerprint density at radius 3 is 2.88 bits per heavy atom. The Bertz CT molecular complexity index is 442. The first-order valence-electron chi connectivity index (χ1n) is 5.06. The normalized spacial score (nSPS) is 11.5. The van der Waals surface area contributed by atoms with E-state index < -0.39 is 16.0 Å². The number of aliphatic carboxylic acids is 1. The molecule has 1 aromatic rings. The van der Waals surface area contributed by atoms with E-state index in [0.29, 0.717) is 13.0 Å². The first-order valence-corrected chi connectivity index (χ1v) is 7.65. The van der Waals surface area contributed by atoms with Crippen LogP contribution in [0.1, 0.15) is 18.5 Å². The largest absolute Gasteiger partial charge is 0.481 e. The van der Waals surface area contributed by atoms with Gasteiger partial charge in [-0.2, -0.15) is 0 Å². The van der Waals surface area contributed by atoms with E-state index >= 15 is 0 Å². The number of hydrogen-bond donors (Lipinski definition) is 2. The van der Waals surface area contributed by atoms with Gasteiger partial charge >= 0.3 is 5.97 Å². The second-order valence-electron chi connectivity index (χ2n) is 3.44. The average molecular weight is 278 g/mol. The number of carboxylic acid groups (broad SMARTS) is 1. The van der Waals surface area contributed by atoms with Crippen molar-refractivity contribution in [3.63, 3.8) is 0 Å². The fourth-order valence-electron chi connectivity index (χ4n) is 1.18. The van der Waals surface area contributed by atoms with Gasteiger partial charge in [0.1, 0.15) is 0 Å². The molecule has 96 valence electrons. The minimum atomic E-state index is -3.37. The van der Waals surface area contributed by atoms with Crippen LogP contribution in [0, 0.1) is 0 Å². The summed E-state index contributed by atoms with van der Waals surface area (Å²) in [6, 6.07) is 0. The predicted octanol–water partition coefficient (Wildman–Crippen LogP) is 0.470. The summed E-state index contributed by atoms with van der Waals surface area (Å²) in [4.78, 5) is 14.3. The first-order chi connectivity index (χ1) is 7.99. The van der Waals surface area contributed by atoms with Crippen LogP contribution in [-0.2, 0) is 21.2 Å². The summed E-state index contributed by atoms with van der Waals surface area (Å²) in [7, 11) is -3.37. The molecule has 1 heterocycles. The van der Waals surface area contributed by atoms with Crippen LogP contribution in [-0.4, -0.2) is 36.8 Å². The number of carboxylic acids is 1. The SMILES string of the molecule is O=C(O)CCCS(=O)(=O)NCCc1cscn1. The number of thiazole rings is 1. The molecule has 17 heavy (non-hydrogen) atoms. The van der Waals surface area contributed by atoms with E-state index in [-0.39, 0.29) is 18.6 Å². The second kappa shape index (κ2) is 6.67. The van der Waals surface area contributed by atoms with Gasteiger partial charge in [0.05, 0.1) is 17.0 Å². The van der Waals surface area contributed by atoms with Gasteiger partial charge in [0.15, 0.2) is 0 Å². The smallest absolute Gasteiger partial charge is 0.303 e. The van der Waals surface area contributed by atoms with E-state index in [2.05, 4.69) is 9.71 Å². The molecule has 0 aliphatic heterocycles. The molecule has 0 saturated carbocycles. The molecule has 0 bridgehead atoms. The number of carbonyl (C=O) groups is 1. The van der Waals surface area contributed by atoms with Gasteiger partial charge < -0.3 is 5.11 Å². The fraction of sp³-hybridized carbons (Fsp3) is 0.556. The number of aromatic nitrogens is 1. The van der Waals surface area contributed by atoms with Gasteiger partial charge in [-0.25, -0.2) is 18.1 Å². The molecule has 0 saturated heterocycles. The van der Waals surface area contributed by atoms with E-state index in [1.807, 2.05) is 5.38 Å². The summed E-state index contributed by atoms with van der Waals surface area (Å²) >= 11 is 1.46. The van der Waals surface area contributed by atoms with Crippen molar-refractivity contribution in [3.8, 4) is 0 Å². The summed E-state index contributed by atoms with van der Waals surface area (Å²) in [6.45, 7) is 0.291. The lowest BCUT2D eigenvalue weighted by molar-refractivity contribution is -0.137. The molecule has 0 aliphatic carbocycles. The molecule has 6 nitrogen and oxygen atoms in total. The van der Waals surface area contributed by atoms with Crippen LogP contribution < -0.4 is 4.72 Å². The van der Waals surface area contributed by atoms with Crippen LogP contribution in [0.25, 0.3) is 0 Å². The molecule has 1 aromatic heterocycles. The van der Waals surface area contributed by atoms with Crippen molar-refractivity contribution in [2.24, 2.45) is 0 Å². The topological polar surface area (TPSA) is 96.4 Å². The molecule has 0 spiro atoms. The molecule has 0 amide bonds. The minimum absolute atomic E-state index is 0.126. The molecule has 2 N–H and O–H groups in total. The highest BCUT2D eigenvalue weighted by Crippen LogP contribution is 2.01. The summed E-state index contributed by atoms with van der Waals surface area (Å²) < 4.78 is 25.3. The molecular formula is C9H14N2O4S2. The summed E-state index contributed by atoms with van der Waals surface area (Å²) in [6.07, 6.45) is 0.538. The maximum Gasteiger partial charge on any atom is 0.303 e. The highest BCUT2D eigenvalue weighted by Gasteiger charge is 2.10. The third-order valence-electron chi connectivity index (χ3n) is 1.99. The Morgan fingerprint density at radius 1 is 1.53 bits per heavy atom. The fourth-order valence-corrected chi connectivity index (χ4v) is 2.86. The Morgan fingerprint density at radius 2 is 2.29 bits per heavy atom. The van der Waals surface area contributed by atoms with E-state index in [4.69, 9.17) is 5.11 Å². The van der Waals surface area contributed by atoms with Gasteiger partial charge in [-0.05, 0) is 6.42 Å². The van der Waals surface area contributed by atoms with Gasteiger partial charge in [-0.15, -0.1) is 11.3 Å². The van der Waals surface area contributed by atoms with Crippen LogP contribution in [0.5, 0.6) is 0 Å². The van der Waals surface area contributed by atoms with Crippen molar-refractivity contribution in [3.05, 3.63) is 16.6 Å². The lowest BCUT2D eigenvalue weighted by Gasteiger charge is -2.04. The third-order valence-corrected chi connectivity index (χ3v) is 4.10. The van der Waals surface area contributed by atoms with Gasteiger partial charge in [0.2, 0.25) is 10.0 Å². The molecule has 8 heteroatoms. The maximum atomic E-state index is 11.4. The number of nitrogens with zero attached hydrogens (tertiary/aromatic N) is 1. The average Bonchev–Trinajstić information content (AvgIpc) is 2.69. The number of nitrogens with one attached hydrogen (secondary N) is 1. The molecular weight excluding hydrogens is 264 g/mol. The third kappa shape index (κ3) is 6.35. The molecule has 0 aromatic carbocycles. The maximum absolute atomic E-state index is 11.4. The number of rotatable bonds is 8. The van der Waals surface area contributed by atoms with Crippen LogP contribution in [0.2, 0.25) is 0 Å². The number of sulfonamides is 1. The Balaban J connectivity index is 2.22. The van der Waals surface area contributed by atoms with Gasteiger partial charge in [-0.3, -0.25) is 4.79 Å². The van der Waals surface area contributed by atoms with Crippen molar-refractivity contribution >= 4 is 27.3 Å². The minimum Gasteiger partial charge on any atom is -0.481 e. The Kier molecular flexibility index (Phi) is 5.52. The highest BCUT2D eigenvalue weighted by molar-refractivity contribution is 7.89. The lowest BCUT2D eigenvalue weighted by Crippen LogP contribution is -2.28. The highest BCUT2D eigenvalue weighted by atomic mass is 32.2. The lowest BCUT2D eigenvalue weighted by atomic mass is 10.3. The van der Waals surface area contributed by atoms with E-state index in [0.717, 1.165) is 5.69 Å². The first kappa shape index (κ1) is 14.1. The Labute approximate surface area is 104 Å². The predicted molar refractivity (Wildman–Crippen MR) is 64.5 cm³/mol. The van der Waals surface area contributed by atoms with Crippen LogP contribution in [0.15, 0.2) is 10.9 Å². The van der Waals surface area contributed by atoms with Crippen molar-refractivity contribution in [2.75, 3.05) is 12.3 Å². The van der Waals surface area contributed by atoms with Crippen molar-refractivity contribution in [1.29, 1.82) is 0 Å². The van der Waals surface area contributed by atoms with Gasteiger partial charge in [0, 0.05) is 24.8 Å². The zero-order valence-electron chi connectivity index (χ0n) is 9.13. The Hall–Kier alpha value is -0.990. The standard InChI is InChI=1S/C9H14N2O4S2/c12-9(13)2-1-5-17(14,15)11-4-3-8-6-16-7-10-8/h6-7,11H,1-5H2,(H,12,13). The monoisotopic (exact) mass is 278 g/mol. The number of hydrogen-bond acceptors (Lipinski definition) is 5. The molecule has 0 atom stereocenters. The molecule has 0 fully saturated rings. The van der Waals surface area contributed by atoms with E-state index in [9.17, 15) is 13.2 Å². The van der Waals surface area contributed by atoms with Gasteiger partial charge in [-0.1, -0.05) is 0 Å². The summed E-state index contributed by atoms with van der Waals surface area (Å²) in [5, 5.41) is 10.2. The second-order valence-corrected chi connectivity index (χ2v) is 6.09. The van der Waals surface area contributed by atoms with Crippen LogP contribution in [0.3, 0.4) is 0 Å². The zero-order chi connectivity index (χ0) is 12.7. The quantitative estimate of drug-likeness (QED) is 0.720. The van der Waals surface area contributed by atoms with Crippen LogP contribution in [0.4, 0.5) is 0 Å². The van der Waals surface area contributed by atoms with Crippen molar-refractivity contribution < 1.29 is 18.3 Å². The van der Waals surface area contributed by atoms with Crippen LogP contribution >= 0.6 is 11.3 Å². The van der Waals surface area contributed by atoms with Gasteiger partial charge in [0.25, 0.3) is 0 Å². The molecule has 0 unspecified atom stereocenters. The van der Waals surface area contributed by atoms with E-state index in [1.54, 1.807) is 5.51 Å².